The van der Waals surface area contributed by atoms with Gasteiger partial charge in [-0.15, -0.1) is 0 Å². The Balaban J connectivity index is 1.44. The molecule has 3 heterocycles. The molecule has 2 fully saturated rings. The molecule has 6 rings (SSSR count). The van der Waals surface area contributed by atoms with Gasteiger partial charge in [0.1, 0.15) is 11.6 Å². The van der Waals surface area contributed by atoms with E-state index in [0.717, 1.165) is 23.9 Å². The lowest BCUT2D eigenvalue weighted by Crippen LogP contribution is -2.56. The van der Waals surface area contributed by atoms with Crippen molar-refractivity contribution in [2.75, 3.05) is 4.90 Å². The Morgan fingerprint density at radius 1 is 1.10 bits per heavy atom. The fourth-order valence-electron chi connectivity index (χ4n) is 4.68. The normalized spacial score (nSPS) is 21.0. The third kappa shape index (κ3) is 2.78. The van der Waals surface area contributed by atoms with E-state index < -0.39 is 23.6 Å². The second-order valence-electron chi connectivity index (χ2n) is 8.35. The zero-order valence-electron chi connectivity index (χ0n) is 16.7. The number of carbonyl (C=O) groups is 1. The number of aromatic amines is 1. The quantitative estimate of drug-likeness (QED) is 0.500. The lowest BCUT2D eigenvalue weighted by molar-refractivity contribution is -0.131. The van der Waals surface area contributed by atoms with E-state index >= 15 is 8.78 Å². The standard InChI is InChI=1S/C23H19F2N5O/c1-29-7-6-17(28-29)13-8-15(24)21(16(25)9-13)22-20(12-2-3-12)23(31)30(22)14-4-5-18-19(10-14)27-11-26-18/h4-12,20,22H,2-3H2,1H3,(H,26,27)/t20-,22-/m1/s1. The molecule has 4 aromatic rings. The monoisotopic (exact) mass is 419 g/mol. The molecule has 1 aliphatic carbocycles. The number of aryl methyl sites for hydroxylation is 1. The van der Waals surface area contributed by atoms with Crippen LogP contribution < -0.4 is 4.90 Å². The van der Waals surface area contributed by atoms with Crippen LogP contribution in [0.1, 0.15) is 24.4 Å². The highest BCUT2D eigenvalue weighted by Crippen LogP contribution is 2.55. The molecule has 2 aliphatic rings. The van der Waals surface area contributed by atoms with Crippen molar-refractivity contribution >= 4 is 22.6 Å². The van der Waals surface area contributed by atoms with Gasteiger partial charge in [-0.25, -0.2) is 13.8 Å². The van der Waals surface area contributed by atoms with Crippen molar-refractivity contribution in [1.82, 2.24) is 19.7 Å². The average molecular weight is 419 g/mol. The number of benzene rings is 2. The van der Waals surface area contributed by atoms with Crippen molar-refractivity contribution in [1.29, 1.82) is 0 Å². The summed E-state index contributed by atoms with van der Waals surface area (Å²) in [4.78, 5) is 21.8. The van der Waals surface area contributed by atoms with Crippen LogP contribution in [0.2, 0.25) is 0 Å². The fourth-order valence-corrected chi connectivity index (χ4v) is 4.68. The number of halogens is 2. The Bertz CT molecular complexity index is 1320. The zero-order valence-corrected chi connectivity index (χ0v) is 16.7. The zero-order chi connectivity index (χ0) is 21.3. The summed E-state index contributed by atoms with van der Waals surface area (Å²) >= 11 is 0. The highest BCUT2D eigenvalue weighted by Gasteiger charge is 2.56. The van der Waals surface area contributed by atoms with E-state index in [4.69, 9.17) is 0 Å². The van der Waals surface area contributed by atoms with E-state index in [1.165, 1.54) is 17.0 Å². The van der Waals surface area contributed by atoms with Gasteiger partial charge in [-0.3, -0.25) is 9.48 Å². The molecule has 1 saturated carbocycles. The molecule has 1 amide bonds. The third-order valence-corrected chi connectivity index (χ3v) is 6.34. The van der Waals surface area contributed by atoms with Gasteiger partial charge in [0.2, 0.25) is 5.91 Å². The van der Waals surface area contributed by atoms with Crippen LogP contribution in [-0.2, 0) is 11.8 Å². The lowest BCUT2D eigenvalue weighted by atomic mass is 9.78. The lowest BCUT2D eigenvalue weighted by Gasteiger charge is -2.48. The molecule has 2 aromatic carbocycles. The molecule has 0 radical (unpaired) electrons. The first-order valence-electron chi connectivity index (χ1n) is 10.3. The van der Waals surface area contributed by atoms with Gasteiger partial charge in [0, 0.05) is 30.1 Å². The van der Waals surface area contributed by atoms with Crippen molar-refractivity contribution in [3.05, 3.63) is 66.1 Å². The number of aromatic nitrogens is 4. The van der Waals surface area contributed by atoms with Gasteiger partial charge < -0.3 is 9.88 Å². The molecule has 0 unspecified atom stereocenters. The molecule has 8 heteroatoms. The highest BCUT2D eigenvalue weighted by atomic mass is 19.1. The van der Waals surface area contributed by atoms with Crippen LogP contribution in [0, 0.1) is 23.5 Å². The SMILES string of the molecule is Cn1ccc(-c2cc(F)c([C@H]3[C@@H](C4CC4)C(=O)N3c3ccc4nc[nH]c4c3)c(F)c2)n1. The smallest absolute Gasteiger partial charge is 0.233 e. The minimum atomic E-state index is -0.668. The molecule has 0 bridgehead atoms. The number of carbonyl (C=O) groups excluding carboxylic acids is 1. The number of rotatable bonds is 4. The number of hydrogen-bond acceptors (Lipinski definition) is 3. The van der Waals surface area contributed by atoms with E-state index in [2.05, 4.69) is 15.1 Å². The first-order chi connectivity index (χ1) is 15.0. The fraction of sp³-hybridized carbons (Fsp3) is 0.261. The number of nitrogens with one attached hydrogen (secondary N) is 1. The molecule has 156 valence electrons. The van der Waals surface area contributed by atoms with Crippen molar-refractivity contribution in [2.24, 2.45) is 18.9 Å². The second-order valence-corrected chi connectivity index (χ2v) is 8.35. The van der Waals surface area contributed by atoms with Crippen LogP contribution in [-0.4, -0.2) is 25.7 Å². The molecule has 1 aliphatic heterocycles. The minimum absolute atomic E-state index is 0.0547. The first-order valence-corrected chi connectivity index (χ1v) is 10.3. The summed E-state index contributed by atoms with van der Waals surface area (Å²) in [6, 6.07) is 9.03. The van der Waals surface area contributed by atoms with Crippen molar-refractivity contribution < 1.29 is 13.6 Å². The van der Waals surface area contributed by atoms with Crippen LogP contribution in [0.3, 0.4) is 0 Å². The van der Waals surface area contributed by atoms with Gasteiger partial charge in [0.15, 0.2) is 0 Å². The predicted molar refractivity (Wildman–Crippen MR) is 111 cm³/mol. The molecule has 1 saturated heterocycles. The third-order valence-electron chi connectivity index (χ3n) is 6.34. The number of fused-ring (bicyclic) bond motifs is 1. The van der Waals surface area contributed by atoms with Gasteiger partial charge in [-0.2, -0.15) is 5.10 Å². The van der Waals surface area contributed by atoms with Crippen LogP contribution in [0.15, 0.2) is 48.9 Å². The van der Waals surface area contributed by atoms with Gasteiger partial charge in [-0.1, -0.05) is 0 Å². The molecule has 6 nitrogen and oxygen atoms in total. The number of imidazole rings is 1. The molecule has 2 aromatic heterocycles. The number of anilines is 1. The summed E-state index contributed by atoms with van der Waals surface area (Å²) in [5, 5.41) is 4.23. The maximum absolute atomic E-state index is 15.3. The van der Waals surface area contributed by atoms with E-state index in [9.17, 15) is 4.79 Å². The molecule has 31 heavy (non-hydrogen) atoms. The van der Waals surface area contributed by atoms with E-state index in [-0.39, 0.29) is 17.4 Å². The number of H-pyrrole nitrogens is 1. The summed E-state index contributed by atoms with van der Waals surface area (Å²) in [5.41, 5.74) is 2.96. The van der Waals surface area contributed by atoms with E-state index in [1.807, 2.05) is 0 Å². The predicted octanol–water partition coefficient (Wildman–Crippen LogP) is 4.36. The average Bonchev–Trinajstić information content (AvgIpc) is 3.26. The van der Waals surface area contributed by atoms with Gasteiger partial charge in [0.25, 0.3) is 0 Å². The van der Waals surface area contributed by atoms with Crippen LogP contribution in [0.5, 0.6) is 0 Å². The number of hydrogen-bond donors (Lipinski definition) is 1. The Morgan fingerprint density at radius 3 is 2.55 bits per heavy atom. The topological polar surface area (TPSA) is 66.8 Å². The Kier molecular flexibility index (Phi) is 3.81. The van der Waals surface area contributed by atoms with Gasteiger partial charge in [0.05, 0.1) is 35.0 Å². The van der Waals surface area contributed by atoms with E-state index in [1.54, 1.807) is 48.5 Å². The minimum Gasteiger partial charge on any atom is -0.345 e. The highest BCUT2D eigenvalue weighted by molar-refractivity contribution is 6.04. The Hall–Kier alpha value is -3.55. The van der Waals surface area contributed by atoms with Crippen molar-refractivity contribution in [3.8, 4) is 11.3 Å². The Morgan fingerprint density at radius 2 is 1.87 bits per heavy atom. The summed E-state index contributed by atoms with van der Waals surface area (Å²) in [6.45, 7) is 0. The van der Waals surface area contributed by atoms with Crippen LogP contribution >= 0.6 is 0 Å². The summed E-state index contributed by atoms with van der Waals surface area (Å²) in [5.74, 6) is -1.62. The largest absolute Gasteiger partial charge is 0.345 e. The molecular weight excluding hydrogens is 400 g/mol. The Labute approximate surface area is 176 Å². The maximum atomic E-state index is 15.3. The number of nitrogens with zero attached hydrogens (tertiary/aromatic N) is 4. The van der Waals surface area contributed by atoms with Gasteiger partial charge >= 0.3 is 0 Å². The number of β-lactam (4-membered cyclic amide) rings is 1. The van der Waals surface area contributed by atoms with E-state index in [0.29, 0.717) is 16.9 Å². The summed E-state index contributed by atoms with van der Waals surface area (Å²) < 4.78 is 32.2. The summed E-state index contributed by atoms with van der Waals surface area (Å²) in [6.07, 6.45) is 5.12. The van der Waals surface area contributed by atoms with Crippen molar-refractivity contribution in [2.45, 2.75) is 18.9 Å². The molecule has 2 atom stereocenters. The van der Waals surface area contributed by atoms with Gasteiger partial charge in [-0.05, 0) is 55.2 Å². The van der Waals surface area contributed by atoms with Crippen molar-refractivity contribution in [3.63, 3.8) is 0 Å². The number of amides is 1. The van der Waals surface area contributed by atoms with Crippen LogP contribution in [0.4, 0.5) is 14.5 Å². The molecule has 1 N–H and O–H groups in total. The first kappa shape index (κ1) is 18.2. The molecular formula is C23H19F2N5O. The summed E-state index contributed by atoms with van der Waals surface area (Å²) in [7, 11) is 1.75. The molecule has 0 spiro atoms. The second kappa shape index (κ2) is 6.47. The maximum Gasteiger partial charge on any atom is 0.233 e. The van der Waals surface area contributed by atoms with Crippen LogP contribution in [0.25, 0.3) is 22.3 Å².